The van der Waals surface area contributed by atoms with E-state index in [-0.39, 0.29) is 50.5 Å². The lowest BCUT2D eigenvalue weighted by Crippen LogP contribution is -2.55. The topological polar surface area (TPSA) is 176 Å². The standard InChI is InChI=1S/C25H30N6O7/c32-20-7-4-10-31(20)19-15-18(26-22(28-19)16-5-2-1-3-6-16)23(35)27-17(8-9-21(33)34)24(36)29-11-13-30(14-12-29)25(37)38/h1-3,5-6,15,17,20,32H,4,7-14H2,(H,27,35)(H,33,34)(H,37,38). The molecule has 13 nitrogen and oxygen atoms in total. The molecule has 3 heterocycles. The number of aliphatic hydroxyl groups excluding tert-OH is 1. The van der Waals surface area contributed by atoms with Crippen LogP contribution in [0.1, 0.15) is 36.2 Å². The van der Waals surface area contributed by atoms with Gasteiger partial charge in [-0.3, -0.25) is 14.4 Å². The van der Waals surface area contributed by atoms with Crippen molar-refractivity contribution in [3.05, 3.63) is 42.1 Å². The van der Waals surface area contributed by atoms with Gasteiger partial charge in [-0.25, -0.2) is 14.8 Å². The molecule has 4 N–H and O–H groups in total. The number of carboxylic acid groups (broad SMARTS) is 2. The molecule has 2 unspecified atom stereocenters. The Balaban J connectivity index is 1.58. The normalized spacial score (nSPS) is 18.2. The largest absolute Gasteiger partial charge is 0.481 e. The van der Waals surface area contributed by atoms with Gasteiger partial charge in [0.05, 0.1) is 0 Å². The van der Waals surface area contributed by atoms with Crippen molar-refractivity contribution in [3.8, 4) is 11.4 Å². The predicted molar refractivity (Wildman–Crippen MR) is 134 cm³/mol. The van der Waals surface area contributed by atoms with Crippen molar-refractivity contribution in [2.45, 2.75) is 38.0 Å². The highest BCUT2D eigenvalue weighted by atomic mass is 16.4. The molecular formula is C25H30N6O7. The number of benzene rings is 1. The molecule has 202 valence electrons. The van der Waals surface area contributed by atoms with Crippen LogP contribution < -0.4 is 10.2 Å². The number of aliphatic hydroxyl groups is 1. The van der Waals surface area contributed by atoms with Crippen LogP contribution in [0, 0.1) is 0 Å². The zero-order valence-corrected chi connectivity index (χ0v) is 20.7. The van der Waals surface area contributed by atoms with Crippen molar-refractivity contribution >= 4 is 29.7 Å². The summed E-state index contributed by atoms with van der Waals surface area (Å²) in [6, 6.07) is 9.32. The summed E-state index contributed by atoms with van der Waals surface area (Å²) in [7, 11) is 0. The molecule has 3 amide bonds. The third kappa shape index (κ3) is 6.35. The van der Waals surface area contributed by atoms with Crippen molar-refractivity contribution in [2.24, 2.45) is 0 Å². The number of nitrogens with one attached hydrogen (secondary N) is 1. The summed E-state index contributed by atoms with van der Waals surface area (Å²) < 4.78 is 0. The number of carbonyl (C=O) groups is 4. The fraction of sp³-hybridized carbons (Fsp3) is 0.440. The van der Waals surface area contributed by atoms with Gasteiger partial charge in [-0.2, -0.15) is 0 Å². The molecule has 2 fully saturated rings. The molecule has 13 heteroatoms. The van der Waals surface area contributed by atoms with Crippen LogP contribution in [-0.2, 0) is 9.59 Å². The molecule has 0 bridgehead atoms. The first kappa shape index (κ1) is 26.8. The number of aromatic nitrogens is 2. The number of hydrogen-bond donors (Lipinski definition) is 4. The summed E-state index contributed by atoms with van der Waals surface area (Å²) in [5.41, 5.74) is 0.628. The first-order chi connectivity index (χ1) is 18.2. The Labute approximate surface area is 218 Å². The number of rotatable bonds is 8. The van der Waals surface area contributed by atoms with Crippen molar-refractivity contribution in [1.82, 2.24) is 25.1 Å². The smallest absolute Gasteiger partial charge is 0.407 e. The third-order valence-corrected chi connectivity index (χ3v) is 6.60. The van der Waals surface area contributed by atoms with E-state index in [1.54, 1.807) is 29.2 Å². The van der Waals surface area contributed by atoms with Gasteiger partial charge in [0.15, 0.2) is 5.82 Å². The Bertz CT molecular complexity index is 1190. The summed E-state index contributed by atoms with van der Waals surface area (Å²) in [6.45, 7) is 1.05. The van der Waals surface area contributed by atoms with Crippen LogP contribution in [0.4, 0.5) is 10.6 Å². The average molecular weight is 527 g/mol. The van der Waals surface area contributed by atoms with Crippen molar-refractivity contribution in [3.63, 3.8) is 0 Å². The first-order valence-electron chi connectivity index (χ1n) is 12.4. The fourth-order valence-electron chi connectivity index (χ4n) is 4.53. The zero-order valence-electron chi connectivity index (χ0n) is 20.7. The fourth-order valence-corrected chi connectivity index (χ4v) is 4.53. The van der Waals surface area contributed by atoms with E-state index in [0.717, 1.165) is 6.42 Å². The molecule has 0 aliphatic carbocycles. The summed E-state index contributed by atoms with van der Waals surface area (Å²) in [4.78, 5) is 62.3. The van der Waals surface area contributed by atoms with E-state index in [0.29, 0.717) is 24.3 Å². The van der Waals surface area contributed by atoms with Gasteiger partial charge < -0.3 is 35.3 Å². The lowest BCUT2D eigenvalue weighted by molar-refractivity contribution is -0.138. The van der Waals surface area contributed by atoms with Gasteiger partial charge in [-0.15, -0.1) is 0 Å². The second-order valence-corrected chi connectivity index (χ2v) is 9.17. The van der Waals surface area contributed by atoms with E-state index < -0.39 is 36.1 Å². The number of amides is 3. The minimum atomic E-state index is -1.15. The maximum absolute atomic E-state index is 13.4. The molecule has 2 saturated heterocycles. The zero-order chi connectivity index (χ0) is 27.2. The Morgan fingerprint density at radius 2 is 1.66 bits per heavy atom. The quantitative estimate of drug-likeness (QED) is 0.386. The Morgan fingerprint density at radius 3 is 2.26 bits per heavy atom. The van der Waals surface area contributed by atoms with Gasteiger partial charge in [-0.1, -0.05) is 30.3 Å². The van der Waals surface area contributed by atoms with Crippen LogP contribution in [0.2, 0.25) is 0 Å². The van der Waals surface area contributed by atoms with Gasteiger partial charge in [0.25, 0.3) is 5.91 Å². The molecule has 2 aliphatic rings. The lowest BCUT2D eigenvalue weighted by atomic mass is 10.1. The predicted octanol–water partition coefficient (Wildman–Crippen LogP) is 0.848. The highest BCUT2D eigenvalue weighted by Gasteiger charge is 2.31. The van der Waals surface area contributed by atoms with Crippen LogP contribution in [-0.4, -0.2) is 104 Å². The third-order valence-electron chi connectivity index (χ3n) is 6.60. The average Bonchev–Trinajstić information content (AvgIpc) is 3.36. The van der Waals surface area contributed by atoms with Crippen molar-refractivity contribution in [2.75, 3.05) is 37.6 Å². The van der Waals surface area contributed by atoms with E-state index in [4.69, 9.17) is 5.11 Å². The van der Waals surface area contributed by atoms with E-state index in [2.05, 4.69) is 15.3 Å². The van der Waals surface area contributed by atoms with E-state index >= 15 is 0 Å². The SMILES string of the molecule is O=C(O)CCC(NC(=O)c1cc(N2CCCC2O)nc(-c2ccccc2)n1)C(=O)N1CCN(C(=O)O)CC1. The second kappa shape index (κ2) is 11.9. The minimum Gasteiger partial charge on any atom is -0.481 e. The lowest BCUT2D eigenvalue weighted by Gasteiger charge is -2.35. The summed E-state index contributed by atoms with van der Waals surface area (Å²) in [5, 5.41) is 31.4. The van der Waals surface area contributed by atoms with Gasteiger partial charge in [-0.05, 0) is 19.3 Å². The van der Waals surface area contributed by atoms with E-state index in [1.165, 1.54) is 15.9 Å². The molecular weight excluding hydrogens is 496 g/mol. The number of aliphatic carboxylic acids is 1. The Kier molecular flexibility index (Phi) is 8.36. The number of carbonyl (C=O) groups excluding carboxylic acids is 2. The summed E-state index contributed by atoms with van der Waals surface area (Å²) in [6.07, 6.45) is -1.01. The van der Waals surface area contributed by atoms with E-state index in [1.807, 2.05) is 6.07 Å². The van der Waals surface area contributed by atoms with E-state index in [9.17, 15) is 29.4 Å². The molecule has 4 rings (SSSR count). The van der Waals surface area contributed by atoms with Crippen LogP contribution in [0.3, 0.4) is 0 Å². The molecule has 0 saturated carbocycles. The van der Waals surface area contributed by atoms with Gasteiger partial charge in [0, 0.05) is 50.8 Å². The summed E-state index contributed by atoms with van der Waals surface area (Å²) >= 11 is 0. The monoisotopic (exact) mass is 526 g/mol. The number of hydrogen-bond acceptors (Lipinski definition) is 8. The molecule has 0 spiro atoms. The molecule has 2 atom stereocenters. The van der Waals surface area contributed by atoms with Crippen LogP contribution in [0.5, 0.6) is 0 Å². The molecule has 1 aromatic carbocycles. The Morgan fingerprint density at radius 1 is 0.974 bits per heavy atom. The molecule has 38 heavy (non-hydrogen) atoms. The summed E-state index contributed by atoms with van der Waals surface area (Å²) in [5.74, 6) is -1.66. The van der Waals surface area contributed by atoms with Crippen LogP contribution in [0.25, 0.3) is 11.4 Å². The van der Waals surface area contributed by atoms with Crippen LogP contribution >= 0.6 is 0 Å². The minimum absolute atomic E-state index is 0.0308. The van der Waals surface area contributed by atoms with Crippen LogP contribution in [0.15, 0.2) is 36.4 Å². The number of anilines is 1. The second-order valence-electron chi connectivity index (χ2n) is 9.17. The van der Waals surface area contributed by atoms with Crippen molar-refractivity contribution < 1.29 is 34.5 Å². The first-order valence-corrected chi connectivity index (χ1v) is 12.4. The maximum Gasteiger partial charge on any atom is 0.407 e. The number of carboxylic acids is 1. The van der Waals surface area contributed by atoms with Crippen molar-refractivity contribution in [1.29, 1.82) is 0 Å². The Hall–Kier alpha value is -4.26. The number of piperazine rings is 1. The molecule has 2 aromatic rings. The highest BCUT2D eigenvalue weighted by molar-refractivity contribution is 5.97. The molecule has 0 radical (unpaired) electrons. The number of nitrogens with zero attached hydrogens (tertiary/aromatic N) is 5. The highest BCUT2D eigenvalue weighted by Crippen LogP contribution is 2.26. The van der Waals surface area contributed by atoms with Gasteiger partial charge in [0.2, 0.25) is 5.91 Å². The molecule has 2 aliphatic heterocycles. The van der Waals surface area contributed by atoms with Gasteiger partial charge >= 0.3 is 12.1 Å². The maximum atomic E-state index is 13.4. The molecule has 1 aromatic heterocycles. The van der Waals surface area contributed by atoms with Gasteiger partial charge in [0.1, 0.15) is 23.8 Å².